The zero-order chi connectivity index (χ0) is 30.2. The van der Waals surface area contributed by atoms with E-state index in [0.717, 1.165) is 11.0 Å². The summed E-state index contributed by atoms with van der Waals surface area (Å²) >= 11 is 1.57. The summed E-state index contributed by atoms with van der Waals surface area (Å²) in [7, 11) is 0. The molecule has 1 aliphatic heterocycles. The third-order valence-electron chi connectivity index (χ3n) is 11.7. The number of carboxylic acids is 1. The van der Waals surface area contributed by atoms with Crippen LogP contribution in [0.25, 0.3) is 0 Å². The predicted molar refractivity (Wildman–Crippen MR) is 152 cm³/mol. The summed E-state index contributed by atoms with van der Waals surface area (Å²) in [6, 6.07) is 8.64. The first kappa shape index (κ1) is 29.7. The van der Waals surface area contributed by atoms with Gasteiger partial charge in [-0.3, -0.25) is 19.3 Å². The maximum absolute atomic E-state index is 17.6. The van der Waals surface area contributed by atoms with Crippen LogP contribution in [-0.2, 0) is 14.4 Å². The van der Waals surface area contributed by atoms with Gasteiger partial charge in [0.15, 0.2) is 17.2 Å². The quantitative estimate of drug-likeness (QED) is 0.406. The van der Waals surface area contributed by atoms with Gasteiger partial charge in [-0.05, 0) is 73.3 Å². The van der Waals surface area contributed by atoms with Crippen molar-refractivity contribution in [3.8, 4) is 0 Å². The van der Waals surface area contributed by atoms with Crippen molar-refractivity contribution in [3.05, 3.63) is 54.1 Å². The van der Waals surface area contributed by atoms with E-state index < -0.39 is 82.1 Å². The summed E-state index contributed by atoms with van der Waals surface area (Å²) < 4.78 is 33.4. The van der Waals surface area contributed by atoms with Gasteiger partial charge in [-0.1, -0.05) is 31.2 Å². The molecule has 0 amide bonds. The van der Waals surface area contributed by atoms with Crippen LogP contribution in [0.5, 0.6) is 0 Å². The molecule has 6 rings (SSSR count). The van der Waals surface area contributed by atoms with Gasteiger partial charge in [-0.25, -0.2) is 8.78 Å². The molecule has 0 radical (unpaired) electrons. The number of aliphatic hydroxyl groups is 2. The first-order valence-corrected chi connectivity index (χ1v) is 15.6. The van der Waals surface area contributed by atoms with E-state index in [1.165, 1.54) is 19.1 Å². The summed E-state index contributed by atoms with van der Waals surface area (Å²) in [4.78, 5) is 41.6. The maximum Gasteiger partial charge on any atom is 0.321 e. The number of halogens is 2. The molecule has 3 N–H and O–H groups in total. The van der Waals surface area contributed by atoms with E-state index in [1.807, 2.05) is 30.3 Å². The minimum Gasteiger partial charge on any atom is -0.480 e. The first-order valence-electron chi connectivity index (χ1n) is 14.6. The van der Waals surface area contributed by atoms with Crippen LogP contribution in [0.1, 0.15) is 33.1 Å². The molecule has 7 nitrogen and oxygen atoms in total. The number of Topliss-reactive ketones (excluding diaryl/α,β-unsaturated/α-hetero) is 1. The van der Waals surface area contributed by atoms with Gasteiger partial charge in [0, 0.05) is 35.1 Å². The molecular formula is C32H37F2NO6S. The lowest BCUT2D eigenvalue weighted by Gasteiger charge is -2.63. The Morgan fingerprint density at radius 1 is 1.12 bits per heavy atom. The zero-order valence-electron chi connectivity index (χ0n) is 23.7. The molecule has 226 valence electrons. The van der Waals surface area contributed by atoms with E-state index in [4.69, 9.17) is 0 Å². The van der Waals surface area contributed by atoms with Crippen LogP contribution in [0.15, 0.2) is 59.0 Å². The highest BCUT2D eigenvalue weighted by Crippen LogP contribution is 2.75. The highest BCUT2D eigenvalue weighted by atomic mass is 32.2. The molecule has 42 heavy (non-hydrogen) atoms. The number of hydrogen-bond donors (Lipinski definition) is 3. The molecule has 0 aromatic heterocycles. The topological polar surface area (TPSA) is 115 Å². The molecule has 3 saturated carbocycles. The summed E-state index contributed by atoms with van der Waals surface area (Å²) in [6.07, 6.45) is 0.228. The van der Waals surface area contributed by atoms with Crippen LogP contribution in [0.2, 0.25) is 0 Å². The molecule has 1 aromatic carbocycles. The number of hydrogen-bond acceptors (Lipinski definition) is 7. The average molecular weight is 602 g/mol. The van der Waals surface area contributed by atoms with E-state index in [2.05, 4.69) is 0 Å². The number of benzene rings is 1. The second-order valence-electron chi connectivity index (χ2n) is 13.2. The molecule has 1 saturated heterocycles. The minimum atomic E-state index is -2.32. The summed E-state index contributed by atoms with van der Waals surface area (Å²) in [5.41, 5.74) is -6.31. The van der Waals surface area contributed by atoms with Crippen molar-refractivity contribution in [1.82, 2.24) is 4.90 Å². The lowest BCUT2D eigenvalue weighted by Crippen LogP contribution is -2.69. The predicted octanol–water partition coefficient (Wildman–Crippen LogP) is 3.64. The van der Waals surface area contributed by atoms with E-state index >= 15 is 8.78 Å². The Kier molecular flexibility index (Phi) is 7.11. The number of carbonyl (C=O) groups is 3. The molecule has 4 fully saturated rings. The minimum absolute atomic E-state index is 0.0150. The zero-order valence-corrected chi connectivity index (χ0v) is 24.5. The van der Waals surface area contributed by atoms with Crippen molar-refractivity contribution in [2.24, 2.45) is 34.0 Å². The second kappa shape index (κ2) is 10.1. The number of rotatable bonds is 7. The lowest BCUT2D eigenvalue weighted by atomic mass is 9.43. The highest BCUT2D eigenvalue weighted by molar-refractivity contribution is 7.99. The van der Waals surface area contributed by atoms with Crippen molar-refractivity contribution in [2.75, 3.05) is 25.4 Å². The molecule has 0 bridgehead atoms. The van der Waals surface area contributed by atoms with E-state index in [0.29, 0.717) is 12.3 Å². The van der Waals surface area contributed by atoms with Crippen molar-refractivity contribution < 1.29 is 38.5 Å². The standard InChI is InChI=1S/C32H37F2NO6S/c1-29-9-8-18(37)12-22(29)24(33)14-21-20-13-23-27(28(40)41)35(10-11-42-19-6-4-3-5-7-19)17-31(23,26(39)16-36)30(20,2)15-25(38)32(21,29)34/h3-9,12,20-21,23-25,27,36,38H,10-11,13-17H2,1-2H3,(H,40,41)/t20-,21-,23-,24-,25-,27?,29-,30-,31+,32-/m0/s1. The molecule has 1 unspecified atom stereocenters. The van der Waals surface area contributed by atoms with Gasteiger partial charge in [0.05, 0.1) is 11.5 Å². The number of allylic oxidation sites excluding steroid dienone is 4. The number of carboxylic acid groups (broad SMARTS) is 1. The maximum atomic E-state index is 17.6. The Labute approximate surface area is 248 Å². The highest BCUT2D eigenvalue weighted by Gasteiger charge is 2.79. The normalized spacial score (nSPS) is 44.1. The summed E-state index contributed by atoms with van der Waals surface area (Å²) in [5.74, 6) is -3.84. The number of aliphatic carboxylic acids is 1. The van der Waals surface area contributed by atoms with E-state index in [1.54, 1.807) is 23.6 Å². The molecule has 1 aromatic rings. The van der Waals surface area contributed by atoms with Crippen molar-refractivity contribution >= 4 is 29.3 Å². The van der Waals surface area contributed by atoms with Gasteiger partial charge in [0.25, 0.3) is 0 Å². The summed E-state index contributed by atoms with van der Waals surface area (Å²) in [6.45, 7) is 2.95. The number of likely N-dealkylation sites (tertiary alicyclic amines) is 1. The molecule has 5 aliphatic rings. The monoisotopic (exact) mass is 601 g/mol. The van der Waals surface area contributed by atoms with Crippen LogP contribution in [-0.4, -0.2) is 87.2 Å². The Hall–Kier alpha value is -2.40. The molecular weight excluding hydrogens is 564 g/mol. The van der Waals surface area contributed by atoms with E-state index in [9.17, 15) is 29.7 Å². The van der Waals surface area contributed by atoms with Crippen LogP contribution in [0, 0.1) is 34.0 Å². The van der Waals surface area contributed by atoms with Crippen LogP contribution in [0.4, 0.5) is 8.78 Å². The number of alkyl halides is 2. The van der Waals surface area contributed by atoms with Gasteiger partial charge >= 0.3 is 5.97 Å². The van der Waals surface area contributed by atoms with Gasteiger partial charge in [-0.2, -0.15) is 0 Å². The number of thioether (sulfide) groups is 1. The average Bonchev–Trinajstić information content (AvgIpc) is 3.41. The van der Waals surface area contributed by atoms with Crippen molar-refractivity contribution in [3.63, 3.8) is 0 Å². The third-order valence-corrected chi connectivity index (χ3v) is 12.7. The number of fused-ring (bicyclic) bond motifs is 7. The molecule has 0 spiro atoms. The Balaban J connectivity index is 1.39. The number of nitrogens with zero attached hydrogens (tertiary/aromatic N) is 1. The van der Waals surface area contributed by atoms with Gasteiger partial charge in [0.2, 0.25) is 0 Å². The Morgan fingerprint density at radius 2 is 1.83 bits per heavy atom. The van der Waals surface area contributed by atoms with Crippen LogP contribution >= 0.6 is 11.8 Å². The lowest BCUT2D eigenvalue weighted by molar-refractivity contribution is -0.212. The van der Waals surface area contributed by atoms with Gasteiger partial charge < -0.3 is 15.3 Å². The fourth-order valence-corrected chi connectivity index (χ4v) is 10.8. The molecule has 10 heteroatoms. The molecule has 4 aliphatic carbocycles. The fraction of sp³-hybridized carbons (Fsp3) is 0.594. The van der Waals surface area contributed by atoms with Crippen LogP contribution in [0.3, 0.4) is 0 Å². The van der Waals surface area contributed by atoms with Crippen molar-refractivity contribution in [2.45, 2.75) is 62.0 Å². The Morgan fingerprint density at radius 3 is 2.50 bits per heavy atom. The molecule has 10 atom stereocenters. The second-order valence-corrected chi connectivity index (χ2v) is 14.3. The number of aliphatic hydroxyl groups excluding tert-OH is 2. The molecule has 1 heterocycles. The third kappa shape index (κ3) is 3.77. The number of carbonyl (C=O) groups excluding carboxylic acids is 2. The Bertz CT molecular complexity index is 1370. The summed E-state index contributed by atoms with van der Waals surface area (Å²) in [5, 5.41) is 32.4. The first-order chi connectivity index (χ1) is 19.8. The number of ketones is 2. The fourth-order valence-electron chi connectivity index (χ4n) is 9.87. The van der Waals surface area contributed by atoms with Crippen molar-refractivity contribution in [1.29, 1.82) is 0 Å². The van der Waals surface area contributed by atoms with Gasteiger partial charge in [-0.15, -0.1) is 11.8 Å². The van der Waals surface area contributed by atoms with Crippen LogP contribution < -0.4 is 0 Å². The van der Waals surface area contributed by atoms with E-state index in [-0.39, 0.29) is 31.4 Å². The van der Waals surface area contributed by atoms with Gasteiger partial charge in [0.1, 0.15) is 18.8 Å². The smallest absolute Gasteiger partial charge is 0.321 e. The SMILES string of the molecule is C[C@]12C=CC(=O)C=C1[C@@H](F)C[C@H]1[C@@H]3C[C@H]4C(C(=O)O)N(CCSc5ccccc5)C[C@@]4(C(=O)CO)[C@@]3(C)C[C@H](O)[C@@]12F. The largest absolute Gasteiger partial charge is 0.480 e.